The summed E-state index contributed by atoms with van der Waals surface area (Å²) in [5.41, 5.74) is -0.913. The molecular formula is C14H25F3N2O2. The van der Waals surface area contributed by atoms with E-state index in [9.17, 15) is 18.0 Å². The molecule has 1 aliphatic carbocycles. The van der Waals surface area contributed by atoms with Gasteiger partial charge >= 0.3 is 12.1 Å². The molecule has 1 fully saturated rings. The Labute approximate surface area is 124 Å². The summed E-state index contributed by atoms with van der Waals surface area (Å²) in [5.74, 6) is -0.266. The lowest BCUT2D eigenvalue weighted by atomic mass is 9.91. The Morgan fingerprint density at radius 2 is 1.95 bits per heavy atom. The third-order valence-corrected chi connectivity index (χ3v) is 3.67. The number of likely N-dealkylation sites (N-methyl/N-ethyl adjacent to an activating group) is 1. The van der Waals surface area contributed by atoms with E-state index in [-0.39, 0.29) is 25.0 Å². The number of rotatable bonds is 8. The van der Waals surface area contributed by atoms with Crippen molar-refractivity contribution in [2.45, 2.75) is 50.9 Å². The molecule has 0 spiro atoms. The smallest absolute Gasteiger partial charge is 0.390 e. The van der Waals surface area contributed by atoms with Gasteiger partial charge in [-0.1, -0.05) is 0 Å². The molecule has 4 nitrogen and oxygen atoms in total. The van der Waals surface area contributed by atoms with Crippen LogP contribution in [0.5, 0.6) is 0 Å². The molecule has 0 aromatic heterocycles. The van der Waals surface area contributed by atoms with Gasteiger partial charge in [-0.15, -0.1) is 0 Å². The highest BCUT2D eigenvalue weighted by Gasteiger charge is 2.52. The zero-order valence-corrected chi connectivity index (χ0v) is 13.1. The van der Waals surface area contributed by atoms with Crippen molar-refractivity contribution in [3.63, 3.8) is 0 Å². The summed E-state index contributed by atoms with van der Waals surface area (Å²) in [6.07, 6.45) is -3.29. The van der Waals surface area contributed by atoms with E-state index in [4.69, 9.17) is 4.74 Å². The van der Waals surface area contributed by atoms with Gasteiger partial charge in [-0.05, 0) is 39.7 Å². The van der Waals surface area contributed by atoms with Crippen molar-refractivity contribution < 1.29 is 22.7 Å². The number of hydrogen-bond acceptors (Lipinski definition) is 4. The Morgan fingerprint density at radius 3 is 2.33 bits per heavy atom. The lowest BCUT2D eigenvalue weighted by molar-refractivity contribution is -0.152. The standard InChI is InChI=1S/C14H25F3N2O2/c1-10(2)18-13(11-5-6-11,12(20)21-4)9-19(3)8-7-14(15,16)17/h10-11,18H,5-9H2,1-4H3. The highest BCUT2D eigenvalue weighted by Crippen LogP contribution is 2.41. The van der Waals surface area contributed by atoms with Gasteiger partial charge in [0.05, 0.1) is 13.5 Å². The zero-order chi connectivity index (χ0) is 16.3. The van der Waals surface area contributed by atoms with Crippen molar-refractivity contribution in [1.82, 2.24) is 10.2 Å². The lowest BCUT2D eigenvalue weighted by Crippen LogP contribution is -2.62. The molecule has 124 valence electrons. The number of halogens is 3. The van der Waals surface area contributed by atoms with Crippen LogP contribution in [0.3, 0.4) is 0 Å². The molecule has 0 heterocycles. The van der Waals surface area contributed by atoms with E-state index in [2.05, 4.69) is 5.32 Å². The summed E-state index contributed by atoms with van der Waals surface area (Å²) >= 11 is 0. The minimum Gasteiger partial charge on any atom is -0.468 e. The van der Waals surface area contributed by atoms with Gasteiger partial charge in [-0.2, -0.15) is 13.2 Å². The SMILES string of the molecule is COC(=O)C(CN(C)CCC(F)(F)F)(NC(C)C)C1CC1. The first-order valence-corrected chi connectivity index (χ1v) is 7.22. The Bertz CT molecular complexity index is 357. The number of nitrogens with one attached hydrogen (secondary N) is 1. The lowest BCUT2D eigenvalue weighted by Gasteiger charge is -2.37. The molecule has 1 aliphatic rings. The van der Waals surface area contributed by atoms with Crippen LogP contribution < -0.4 is 5.32 Å². The van der Waals surface area contributed by atoms with Crippen LogP contribution in [0.4, 0.5) is 13.2 Å². The van der Waals surface area contributed by atoms with E-state index < -0.39 is 24.1 Å². The summed E-state index contributed by atoms with van der Waals surface area (Å²) in [6.45, 7) is 3.92. The molecule has 1 saturated carbocycles. The van der Waals surface area contributed by atoms with Gasteiger partial charge in [0.25, 0.3) is 0 Å². The number of nitrogens with zero attached hydrogens (tertiary/aromatic N) is 1. The number of ether oxygens (including phenoxy) is 1. The van der Waals surface area contributed by atoms with Crippen LogP contribution in [-0.2, 0) is 9.53 Å². The number of hydrogen-bond donors (Lipinski definition) is 1. The second-order valence-electron chi connectivity index (χ2n) is 6.14. The van der Waals surface area contributed by atoms with Crippen LogP contribution in [0, 0.1) is 5.92 Å². The van der Waals surface area contributed by atoms with Crippen LogP contribution in [0.25, 0.3) is 0 Å². The first kappa shape index (κ1) is 18.2. The van der Waals surface area contributed by atoms with Gasteiger partial charge in [0, 0.05) is 19.1 Å². The van der Waals surface area contributed by atoms with E-state index in [1.807, 2.05) is 13.8 Å². The first-order chi connectivity index (χ1) is 9.60. The Kier molecular flexibility index (Phi) is 6.04. The van der Waals surface area contributed by atoms with Crippen molar-refractivity contribution in [2.24, 2.45) is 5.92 Å². The fourth-order valence-corrected chi connectivity index (χ4v) is 2.68. The number of alkyl halides is 3. The predicted molar refractivity (Wildman–Crippen MR) is 73.9 cm³/mol. The summed E-state index contributed by atoms with van der Waals surface area (Å²) in [7, 11) is 2.92. The summed E-state index contributed by atoms with van der Waals surface area (Å²) in [6, 6.07) is 0.0423. The van der Waals surface area contributed by atoms with Gasteiger partial charge in [0.2, 0.25) is 0 Å². The molecule has 0 aromatic rings. The normalized spacial score (nSPS) is 18.9. The van der Waals surface area contributed by atoms with Gasteiger partial charge in [-0.3, -0.25) is 5.32 Å². The Balaban J connectivity index is 2.78. The van der Waals surface area contributed by atoms with Crippen molar-refractivity contribution in [3.05, 3.63) is 0 Å². The maximum atomic E-state index is 12.3. The van der Waals surface area contributed by atoms with Crippen LogP contribution >= 0.6 is 0 Å². The van der Waals surface area contributed by atoms with Gasteiger partial charge in [0.15, 0.2) is 0 Å². The fraction of sp³-hybridized carbons (Fsp3) is 0.929. The molecule has 0 saturated heterocycles. The highest BCUT2D eigenvalue weighted by atomic mass is 19.4. The van der Waals surface area contributed by atoms with Gasteiger partial charge in [0.1, 0.15) is 5.54 Å². The Morgan fingerprint density at radius 1 is 1.38 bits per heavy atom. The third kappa shape index (κ3) is 5.47. The van der Waals surface area contributed by atoms with Crippen LogP contribution in [0.2, 0.25) is 0 Å². The first-order valence-electron chi connectivity index (χ1n) is 7.22. The molecule has 0 radical (unpaired) electrons. The molecule has 0 amide bonds. The summed E-state index contributed by atoms with van der Waals surface area (Å²) in [4.78, 5) is 13.8. The average molecular weight is 310 g/mol. The monoisotopic (exact) mass is 310 g/mol. The molecule has 1 atom stereocenters. The van der Waals surface area contributed by atoms with Crippen molar-refractivity contribution in [1.29, 1.82) is 0 Å². The predicted octanol–water partition coefficient (Wildman–Crippen LogP) is 2.19. The highest BCUT2D eigenvalue weighted by molar-refractivity contribution is 5.82. The molecule has 0 aromatic carbocycles. The quantitative estimate of drug-likeness (QED) is 0.698. The molecule has 21 heavy (non-hydrogen) atoms. The molecule has 0 bridgehead atoms. The molecule has 7 heteroatoms. The maximum Gasteiger partial charge on any atom is 0.390 e. The number of methoxy groups -OCH3 is 1. The van der Waals surface area contributed by atoms with E-state index in [0.717, 1.165) is 12.8 Å². The summed E-state index contributed by atoms with van der Waals surface area (Å²) in [5, 5.41) is 3.24. The molecule has 1 unspecified atom stereocenters. The van der Waals surface area contributed by atoms with Gasteiger partial charge < -0.3 is 9.64 Å². The van der Waals surface area contributed by atoms with E-state index in [1.54, 1.807) is 11.9 Å². The summed E-state index contributed by atoms with van der Waals surface area (Å²) < 4.78 is 41.9. The van der Waals surface area contributed by atoms with Crippen LogP contribution in [-0.4, -0.2) is 55.9 Å². The molecule has 0 aliphatic heterocycles. The molecular weight excluding hydrogens is 285 g/mol. The van der Waals surface area contributed by atoms with Crippen molar-refractivity contribution >= 4 is 5.97 Å². The number of esters is 1. The number of carbonyl (C=O) groups is 1. The van der Waals surface area contributed by atoms with Crippen molar-refractivity contribution in [2.75, 3.05) is 27.2 Å². The topological polar surface area (TPSA) is 41.6 Å². The maximum absolute atomic E-state index is 12.3. The zero-order valence-electron chi connectivity index (χ0n) is 13.1. The van der Waals surface area contributed by atoms with Gasteiger partial charge in [-0.25, -0.2) is 4.79 Å². The third-order valence-electron chi connectivity index (χ3n) is 3.67. The minimum absolute atomic E-state index is 0.0423. The average Bonchev–Trinajstić information content (AvgIpc) is 3.17. The van der Waals surface area contributed by atoms with E-state index in [1.165, 1.54) is 7.11 Å². The fourth-order valence-electron chi connectivity index (χ4n) is 2.68. The Hall–Kier alpha value is -0.820. The second kappa shape index (κ2) is 6.96. The largest absolute Gasteiger partial charge is 0.468 e. The van der Waals surface area contributed by atoms with Crippen molar-refractivity contribution in [3.8, 4) is 0 Å². The van der Waals surface area contributed by atoms with E-state index in [0.29, 0.717) is 0 Å². The van der Waals surface area contributed by atoms with E-state index >= 15 is 0 Å². The molecule has 1 N–H and O–H groups in total. The molecule has 1 rings (SSSR count). The number of carbonyl (C=O) groups excluding carboxylic acids is 1. The minimum atomic E-state index is -4.19. The van der Waals surface area contributed by atoms with Crippen LogP contribution in [0.1, 0.15) is 33.1 Å². The van der Waals surface area contributed by atoms with Crippen LogP contribution in [0.15, 0.2) is 0 Å². The second-order valence-corrected chi connectivity index (χ2v) is 6.14.